The molecule has 0 spiro atoms. The Morgan fingerprint density at radius 2 is 0.787 bits per heavy atom. The normalized spacial score (nSPS) is 11.9. The summed E-state index contributed by atoms with van der Waals surface area (Å²) in [4.78, 5) is 36.2. The third-order valence-electron chi connectivity index (χ3n) is 9.52. The lowest BCUT2D eigenvalue weighted by molar-refractivity contribution is -0.148. The summed E-state index contributed by atoms with van der Waals surface area (Å²) in [5, 5.41) is 11.8. The summed E-state index contributed by atoms with van der Waals surface area (Å²) in [6.45, 7) is 4.86. The van der Waals surface area contributed by atoms with Gasteiger partial charge in [-0.2, -0.15) is 0 Å². The first-order chi connectivity index (χ1) is 23.0. The molecule has 0 aliphatic rings. The number of nitrogens with one attached hydrogen (secondary N) is 1. The van der Waals surface area contributed by atoms with Crippen LogP contribution in [0.1, 0.15) is 232 Å². The predicted octanol–water partition coefficient (Wildman–Crippen LogP) is 12.4. The van der Waals surface area contributed by atoms with E-state index in [1.54, 1.807) is 0 Å². The van der Waals surface area contributed by atoms with Crippen molar-refractivity contribution in [1.29, 1.82) is 0 Å². The van der Waals surface area contributed by atoms with Crippen molar-refractivity contribution in [2.75, 3.05) is 6.61 Å². The highest BCUT2D eigenvalue weighted by atomic mass is 16.5. The van der Waals surface area contributed by atoms with E-state index in [-0.39, 0.29) is 18.7 Å². The summed E-state index contributed by atoms with van der Waals surface area (Å²) in [6.07, 6.45) is 40.0. The van der Waals surface area contributed by atoms with Gasteiger partial charge in [0.15, 0.2) is 0 Å². The molecule has 0 saturated heterocycles. The minimum atomic E-state index is -0.975. The molecule has 2 N–H and O–H groups in total. The Hall–Kier alpha value is -1.59. The molecule has 0 aromatic heterocycles. The first kappa shape index (κ1) is 45.4. The molecule has 0 aliphatic carbocycles. The summed E-state index contributed by atoms with van der Waals surface area (Å²) in [7, 11) is 0. The van der Waals surface area contributed by atoms with Crippen LogP contribution in [0, 0.1) is 0 Å². The molecule has 0 bridgehead atoms. The van der Waals surface area contributed by atoms with Crippen LogP contribution in [0.15, 0.2) is 0 Å². The molecule has 6 nitrogen and oxygen atoms in total. The van der Waals surface area contributed by atoms with Crippen molar-refractivity contribution < 1.29 is 24.2 Å². The molecule has 0 heterocycles. The fourth-order valence-electron chi connectivity index (χ4n) is 6.36. The molecule has 6 heteroatoms. The molecule has 1 amide bonds. The lowest BCUT2D eigenvalue weighted by Gasteiger charge is -2.17. The number of carbonyl (C=O) groups excluding carboxylic acids is 2. The molecule has 278 valence electrons. The zero-order chi connectivity index (χ0) is 34.5. The van der Waals surface area contributed by atoms with Crippen LogP contribution < -0.4 is 5.32 Å². The molecule has 1 atom stereocenters. The van der Waals surface area contributed by atoms with E-state index >= 15 is 0 Å². The second-order valence-corrected chi connectivity index (χ2v) is 14.2. The highest BCUT2D eigenvalue weighted by molar-refractivity contribution is 5.84. The third-order valence-corrected chi connectivity index (χ3v) is 9.52. The second kappa shape index (κ2) is 37.2. The first-order valence-electron chi connectivity index (χ1n) is 20.7. The Kier molecular flexibility index (Phi) is 36.0. The maximum absolute atomic E-state index is 12.6. The molecule has 0 radical (unpaired) electrons. The molecule has 0 aliphatic heterocycles. The number of carboxylic acids is 1. The number of carboxylic acid groups (broad SMARTS) is 1. The van der Waals surface area contributed by atoms with Gasteiger partial charge in [0.1, 0.15) is 6.04 Å². The summed E-state index contributed by atoms with van der Waals surface area (Å²) in [6, 6.07) is -0.879. The van der Waals surface area contributed by atoms with Gasteiger partial charge in [0.2, 0.25) is 5.91 Å². The average Bonchev–Trinajstić information content (AvgIpc) is 3.06. The third kappa shape index (κ3) is 35.5. The number of carbonyl (C=O) groups is 3. The van der Waals surface area contributed by atoms with Crippen molar-refractivity contribution >= 4 is 17.8 Å². The van der Waals surface area contributed by atoms with E-state index in [0.29, 0.717) is 13.0 Å². The molecule has 0 aromatic rings. The number of hydrogen-bond donors (Lipinski definition) is 2. The van der Waals surface area contributed by atoms with Crippen molar-refractivity contribution in [3.63, 3.8) is 0 Å². The van der Waals surface area contributed by atoms with Gasteiger partial charge in [0.25, 0.3) is 0 Å². The van der Waals surface area contributed by atoms with E-state index in [2.05, 4.69) is 19.2 Å². The van der Waals surface area contributed by atoms with E-state index in [1.165, 1.54) is 161 Å². The Bertz CT molecular complexity index is 697. The maximum atomic E-state index is 12.6. The molecule has 0 fully saturated rings. The largest absolute Gasteiger partial charge is 0.481 e. The van der Waals surface area contributed by atoms with Gasteiger partial charge < -0.3 is 15.2 Å². The van der Waals surface area contributed by atoms with Crippen LogP contribution in [0.5, 0.6) is 0 Å². The molecular formula is C41H79NO5. The van der Waals surface area contributed by atoms with Gasteiger partial charge in [-0.15, -0.1) is 0 Å². The Morgan fingerprint density at radius 3 is 1.13 bits per heavy atom. The Labute approximate surface area is 291 Å². The number of hydrogen-bond acceptors (Lipinski definition) is 4. The van der Waals surface area contributed by atoms with Crippen LogP contribution >= 0.6 is 0 Å². The van der Waals surface area contributed by atoms with E-state index in [4.69, 9.17) is 9.84 Å². The number of aliphatic carboxylic acids is 1. The van der Waals surface area contributed by atoms with E-state index in [9.17, 15) is 14.4 Å². The fourth-order valence-corrected chi connectivity index (χ4v) is 6.36. The van der Waals surface area contributed by atoms with Crippen molar-refractivity contribution in [3.8, 4) is 0 Å². The zero-order valence-corrected chi connectivity index (χ0v) is 31.4. The fraction of sp³-hybridized carbons (Fsp3) is 0.927. The molecule has 0 unspecified atom stereocenters. The van der Waals surface area contributed by atoms with Crippen LogP contribution in [-0.2, 0) is 19.1 Å². The van der Waals surface area contributed by atoms with Gasteiger partial charge in [0, 0.05) is 12.8 Å². The number of amides is 1. The number of ether oxygens (including phenoxy) is 1. The highest BCUT2D eigenvalue weighted by Gasteiger charge is 2.23. The van der Waals surface area contributed by atoms with Crippen LogP contribution in [0.3, 0.4) is 0 Å². The molecule has 0 saturated carbocycles. The standard InChI is InChI=1S/C41H79NO5/c1-3-5-7-9-11-13-15-17-19-21-23-25-27-29-31-33-37-47-41(46)38(35-36-40(44)45)42-39(43)34-32-30-28-26-24-22-20-18-16-14-12-10-8-6-4-2/h38H,3-37H2,1-2H3,(H,42,43)(H,44,45)/t38-/m0/s1. The zero-order valence-electron chi connectivity index (χ0n) is 31.4. The monoisotopic (exact) mass is 666 g/mol. The SMILES string of the molecule is CCCCCCCCCCCCCCCCCCOC(=O)[C@H](CCC(=O)O)NC(=O)CCCCCCCCCCCCCCCCC. The van der Waals surface area contributed by atoms with Crippen LogP contribution in [-0.4, -0.2) is 35.6 Å². The van der Waals surface area contributed by atoms with Crippen LogP contribution in [0.25, 0.3) is 0 Å². The van der Waals surface area contributed by atoms with Gasteiger partial charge in [-0.05, 0) is 19.3 Å². The van der Waals surface area contributed by atoms with Crippen molar-refractivity contribution in [2.24, 2.45) is 0 Å². The number of unbranched alkanes of at least 4 members (excludes halogenated alkanes) is 29. The van der Waals surface area contributed by atoms with E-state index in [0.717, 1.165) is 38.5 Å². The lowest BCUT2D eigenvalue weighted by Crippen LogP contribution is -2.42. The summed E-state index contributed by atoms with van der Waals surface area (Å²) < 4.78 is 5.44. The summed E-state index contributed by atoms with van der Waals surface area (Å²) in [5.74, 6) is -1.66. The first-order valence-corrected chi connectivity index (χ1v) is 20.7. The molecule has 0 aromatic carbocycles. The minimum absolute atomic E-state index is 0.0672. The summed E-state index contributed by atoms with van der Waals surface area (Å²) >= 11 is 0. The van der Waals surface area contributed by atoms with Crippen LogP contribution in [0.4, 0.5) is 0 Å². The highest BCUT2D eigenvalue weighted by Crippen LogP contribution is 2.15. The smallest absolute Gasteiger partial charge is 0.328 e. The van der Waals surface area contributed by atoms with Gasteiger partial charge in [-0.1, -0.05) is 200 Å². The van der Waals surface area contributed by atoms with E-state index in [1.807, 2.05) is 0 Å². The Morgan fingerprint density at radius 1 is 0.468 bits per heavy atom. The van der Waals surface area contributed by atoms with Gasteiger partial charge in [-0.25, -0.2) is 4.79 Å². The number of rotatable bonds is 38. The molecule has 47 heavy (non-hydrogen) atoms. The Balaban J connectivity index is 3.79. The maximum Gasteiger partial charge on any atom is 0.328 e. The summed E-state index contributed by atoms with van der Waals surface area (Å²) in [5.41, 5.74) is 0. The van der Waals surface area contributed by atoms with Crippen molar-refractivity contribution in [3.05, 3.63) is 0 Å². The van der Waals surface area contributed by atoms with Gasteiger partial charge in [0.05, 0.1) is 6.61 Å². The predicted molar refractivity (Wildman–Crippen MR) is 199 cm³/mol. The molecule has 0 rings (SSSR count). The quantitative estimate of drug-likeness (QED) is 0.0506. The second-order valence-electron chi connectivity index (χ2n) is 14.2. The topological polar surface area (TPSA) is 92.7 Å². The van der Waals surface area contributed by atoms with Gasteiger partial charge >= 0.3 is 11.9 Å². The van der Waals surface area contributed by atoms with Crippen molar-refractivity contribution in [2.45, 2.75) is 238 Å². The van der Waals surface area contributed by atoms with Crippen molar-refractivity contribution in [1.82, 2.24) is 5.32 Å². The minimum Gasteiger partial charge on any atom is -0.481 e. The lowest BCUT2D eigenvalue weighted by atomic mass is 10.0. The average molecular weight is 666 g/mol. The van der Waals surface area contributed by atoms with E-state index < -0.39 is 18.0 Å². The van der Waals surface area contributed by atoms with Crippen LogP contribution in [0.2, 0.25) is 0 Å². The van der Waals surface area contributed by atoms with Gasteiger partial charge in [-0.3, -0.25) is 9.59 Å². The molecular weight excluding hydrogens is 586 g/mol. The number of esters is 1.